The normalized spacial score (nSPS) is 31.7. The Bertz CT molecular complexity index is 509. The Labute approximate surface area is 120 Å². The molecule has 0 amide bonds. The first-order valence-corrected chi connectivity index (χ1v) is 7.30. The van der Waals surface area contributed by atoms with Gasteiger partial charge in [0.2, 0.25) is 0 Å². The molecule has 0 aliphatic carbocycles. The molecule has 2 aliphatic rings. The van der Waals surface area contributed by atoms with E-state index >= 15 is 0 Å². The van der Waals surface area contributed by atoms with E-state index in [-0.39, 0.29) is 18.6 Å². The fourth-order valence-electron chi connectivity index (χ4n) is 3.10. The maximum atomic E-state index is 5.64. The van der Waals surface area contributed by atoms with Gasteiger partial charge in [0.15, 0.2) is 12.6 Å². The summed E-state index contributed by atoms with van der Waals surface area (Å²) in [7, 11) is 1.73. The fourth-order valence-corrected chi connectivity index (χ4v) is 3.10. The molecule has 1 aromatic rings. The summed E-state index contributed by atoms with van der Waals surface area (Å²) in [6, 6.07) is 4.54. The van der Waals surface area contributed by atoms with E-state index in [1.54, 1.807) is 7.11 Å². The highest BCUT2D eigenvalue weighted by Gasteiger charge is 2.42. The zero-order valence-electron chi connectivity index (χ0n) is 12.8. The summed E-state index contributed by atoms with van der Waals surface area (Å²) in [4.78, 5) is 0. The Balaban J connectivity index is 1.90. The van der Waals surface area contributed by atoms with Crippen molar-refractivity contribution < 1.29 is 14.2 Å². The van der Waals surface area contributed by atoms with Gasteiger partial charge >= 0.3 is 0 Å². The van der Waals surface area contributed by atoms with Crippen LogP contribution in [0.2, 0.25) is 0 Å². The quantitative estimate of drug-likeness (QED) is 0.918. The van der Waals surface area contributed by atoms with Gasteiger partial charge in [0.25, 0.3) is 0 Å². The zero-order chi connectivity index (χ0) is 14.4. The fraction of sp³-hybridized carbons (Fsp3) is 0.625. The molecule has 0 saturated carbocycles. The summed E-state index contributed by atoms with van der Waals surface area (Å²) in [6.07, 6.45) is -0.237. The molecule has 0 radical (unpaired) electrons. The molecule has 0 spiro atoms. The summed E-state index contributed by atoms with van der Waals surface area (Å²) >= 11 is 0. The van der Waals surface area contributed by atoms with Crippen molar-refractivity contribution in [3.8, 4) is 5.75 Å². The van der Waals surface area contributed by atoms with Crippen LogP contribution in [-0.4, -0.2) is 25.7 Å². The number of ether oxygens (including phenoxy) is 3. The van der Waals surface area contributed by atoms with Gasteiger partial charge in [-0.3, -0.25) is 0 Å². The van der Waals surface area contributed by atoms with Crippen LogP contribution in [0.3, 0.4) is 0 Å². The van der Waals surface area contributed by atoms with Crippen LogP contribution in [0.15, 0.2) is 12.1 Å². The molecule has 1 fully saturated rings. The van der Waals surface area contributed by atoms with Crippen LogP contribution < -0.4 is 10.1 Å². The molecular weight excluding hydrogens is 254 g/mol. The monoisotopic (exact) mass is 277 g/mol. The largest absolute Gasteiger partial charge is 0.496 e. The topological polar surface area (TPSA) is 39.7 Å². The third kappa shape index (κ3) is 2.07. The van der Waals surface area contributed by atoms with Gasteiger partial charge in [-0.2, -0.15) is 0 Å². The second-order valence-corrected chi connectivity index (χ2v) is 6.00. The molecule has 110 valence electrons. The highest BCUT2D eigenvalue weighted by molar-refractivity contribution is 5.64. The van der Waals surface area contributed by atoms with Crippen molar-refractivity contribution >= 4 is 5.69 Å². The van der Waals surface area contributed by atoms with Crippen LogP contribution in [0, 0.1) is 0 Å². The lowest BCUT2D eigenvalue weighted by Gasteiger charge is -2.39. The van der Waals surface area contributed by atoms with E-state index in [2.05, 4.69) is 38.2 Å². The van der Waals surface area contributed by atoms with Crippen LogP contribution in [0.5, 0.6) is 5.75 Å². The second kappa shape index (κ2) is 4.93. The number of benzene rings is 1. The molecule has 0 aromatic heterocycles. The Hall–Kier alpha value is -1.26. The van der Waals surface area contributed by atoms with E-state index in [1.807, 2.05) is 6.92 Å². The molecule has 20 heavy (non-hydrogen) atoms. The van der Waals surface area contributed by atoms with Gasteiger partial charge in [-0.15, -0.1) is 0 Å². The van der Waals surface area contributed by atoms with Gasteiger partial charge in [0.05, 0.1) is 13.2 Å². The molecule has 2 aliphatic heterocycles. The van der Waals surface area contributed by atoms with Gasteiger partial charge < -0.3 is 19.5 Å². The van der Waals surface area contributed by atoms with E-state index in [4.69, 9.17) is 14.2 Å². The summed E-state index contributed by atoms with van der Waals surface area (Å²) < 4.78 is 16.8. The first-order chi connectivity index (χ1) is 9.51. The van der Waals surface area contributed by atoms with Crippen molar-refractivity contribution in [3.05, 3.63) is 23.3 Å². The summed E-state index contributed by atoms with van der Waals surface area (Å²) in [5.74, 6) is 1.76. The molecule has 1 N–H and O–H groups in total. The number of rotatable bonds is 3. The van der Waals surface area contributed by atoms with E-state index in [0.29, 0.717) is 11.8 Å². The Morgan fingerprint density at radius 1 is 1.20 bits per heavy atom. The smallest absolute Gasteiger partial charge is 0.184 e. The van der Waals surface area contributed by atoms with Gasteiger partial charge in [0, 0.05) is 17.7 Å². The van der Waals surface area contributed by atoms with Crippen LogP contribution in [0.25, 0.3) is 0 Å². The third-order valence-electron chi connectivity index (χ3n) is 4.32. The Morgan fingerprint density at radius 3 is 2.45 bits per heavy atom. The molecule has 2 unspecified atom stereocenters. The van der Waals surface area contributed by atoms with Crippen LogP contribution in [0.1, 0.15) is 50.7 Å². The highest BCUT2D eigenvalue weighted by Crippen LogP contribution is 2.44. The maximum absolute atomic E-state index is 5.64. The molecule has 1 aromatic carbocycles. The average Bonchev–Trinajstić information content (AvgIpc) is 2.70. The third-order valence-corrected chi connectivity index (χ3v) is 4.32. The number of nitrogens with one attached hydrogen (secondary N) is 1. The molecular formula is C16H23NO3. The average molecular weight is 277 g/mol. The molecule has 2 heterocycles. The first-order valence-electron chi connectivity index (χ1n) is 7.30. The number of anilines is 1. The highest BCUT2D eigenvalue weighted by atomic mass is 16.9. The molecule has 0 bridgehead atoms. The van der Waals surface area contributed by atoms with Crippen molar-refractivity contribution in [1.29, 1.82) is 0 Å². The Kier molecular flexibility index (Phi) is 3.38. The van der Waals surface area contributed by atoms with E-state index in [1.165, 1.54) is 11.1 Å². The van der Waals surface area contributed by atoms with Crippen molar-refractivity contribution in [2.24, 2.45) is 0 Å². The summed E-state index contributed by atoms with van der Waals surface area (Å²) in [5.41, 5.74) is 3.71. The second-order valence-electron chi connectivity index (χ2n) is 6.00. The number of hydrogen-bond donors (Lipinski definition) is 1. The minimum absolute atomic E-state index is 0.0847. The summed E-state index contributed by atoms with van der Waals surface area (Å²) in [6.45, 7) is 8.52. The van der Waals surface area contributed by atoms with E-state index in [0.717, 1.165) is 11.4 Å². The number of fused-ring (bicyclic) bond motifs is 1. The number of hydrogen-bond acceptors (Lipinski definition) is 4. The first kappa shape index (κ1) is 13.7. The molecule has 4 heteroatoms. The van der Waals surface area contributed by atoms with Crippen LogP contribution in [0.4, 0.5) is 5.69 Å². The van der Waals surface area contributed by atoms with Crippen molar-refractivity contribution in [2.75, 3.05) is 12.4 Å². The van der Waals surface area contributed by atoms with Crippen LogP contribution >= 0.6 is 0 Å². The van der Waals surface area contributed by atoms with Gasteiger partial charge in [-0.1, -0.05) is 20.8 Å². The lowest BCUT2D eigenvalue weighted by molar-refractivity contribution is -0.380. The predicted octanol–water partition coefficient (Wildman–Crippen LogP) is 3.44. The minimum atomic E-state index is -0.152. The van der Waals surface area contributed by atoms with Crippen molar-refractivity contribution in [1.82, 2.24) is 0 Å². The Morgan fingerprint density at radius 2 is 1.90 bits per heavy atom. The zero-order valence-corrected chi connectivity index (χ0v) is 12.8. The molecule has 2 atom stereocenters. The standard InChI is InChI=1S/C16H23NO3/c1-8(2)11-6-12-9(3)15(16-19-10(4)20-16)17-13(12)7-14(11)18-5/h6-10,15-17H,1-5H3. The van der Waals surface area contributed by atoms with Gasteiger partial charge in [-0.05, 0) is 30.0 Å². The van der Waals surface area contributed by atoms with Crippen molar-refractivity contribution in [3.63, 3.8) is 0 Å². The predicted molar refractivity (Wildman–Crippen MR) is 78.3 cm³/mol. The van der Waals surface area contributed by atoms with E-state index in [9.17, 15) is 0 Å². The molecule has 4 nitrogen and oxygen atoms in total. The van der Waals surface area contributed by atoms with Crippen LogP contribution in [-0.2, 0) is 9.47 Å². The lowest BCUT2D eigenvalue weighted by Crippen LogP contribution is -2.50. The van der Waals surface area contributed by atoms with Gasteiger partial charge in [0.1, 0.15) is 5.75 Å². The number of methoxy groups -OCH3 is 1. The maximum Gasteiger partial charge on any atom is 0.184 e. The van der Waals surface area contributed by atoms with E-state index < -0.39 is 0 Å². The van der Waals surface area contributed by atoms with Crippen molar-refractivity contribution in [2.45, 2.75) is 58.2 Å². The lowest BCUT2D eigenvalue weighted by atomic mass is 9.92. The minimum Gasteiger partial charge on any atom is -0.496 e. The van der Waals surface area contributed by atoms with Gasteiger partial charge in [-0.25, -0.2) is 0 Å². The SMILES string of the molecule is COc1cc2c(cc1C(C)C)C(C)C(C1OC(C)O1)N2. The molecule has 3 rings (SSSR count). The molecule has 1 saturated heterocycles. The summed E-state index contributed by atoms with van der Waals surface area (Å²) in [5, 5.41) is 3.52.